The number of aromatic nitrogens is 1. The maximum Gasteiger partial charge on any atom is 0.270 e. The second-order valence-electron chi connectivity index (χ2n) is 5.84. The lowest BCUT2D eigenvalue weighted by molar-refractivity contribution is 0.0935. The third kappa shape index (κ3) is 3.82. The molecule has 23 heavy (non-hydrogen) atoms. The first-order valence-corrected chi connectivity index (χ1v) is 8.28. The highest BCUT2D eigenvalue weighted by Gasteiger charge is 2.16. The molecule has 0 aliphatic carbocycles. The molecule has 1 fully saturated rings. The van der Waals surface area contributed by atoms with Gasteiger partial charge in [-0.25, -0.2) is 0 Å². The van der Waals surface area contributed by atoms with Crippen molar-refractivity contribution in [1.82, 2.24) is 10.3 Å². The Kier molecular flexibility index (Phi) is 4.82. The van der Waals surface area contributed by atoms with Gasteiger partial charge in [0.05, 0.1) is 6.04 Å². The quantitative estimate of drug-likeness (QED) is 0.927. The highest BCUT2D eigenvalue weighted by molar-refractivity contribution is 6.30. The van der Waals surface area contributed by atoms with Crippen LogP contribution in [0.4, 0.5) is 5.69 Å². The van der Waals surface area contributed by atoms with E-state index in [-0.39, 0.29) is 11.9 Å². The molecule has 2 aromatic rings. The average Bonchev–Trinajstić information content (AvgIpc) is 3.09. The number of halogens is 1. The lowest BCUT2D eigenvalue weighted by Crippen LogP contribution is -2.28. The van der Waals surface area contributed by atoms with Crippen molar-refractivity contribution in [3.05, 3.63) is 58.9 Å². The molecule has 2 heterocycles. The molecule has 1 unspecified atom stereocenters. The summed E-state index contributed by atoms with van der Waals surface area (Å²) in [4.78, 5) is 19.0. The van der Waals surface area contributed by atoms with Crippen LogP contribution < -0.4 is 10.2 Å². The largest absolute Gasteiger partial charge is 0.371 e. The molecule has 120 valence electrons. The zero-order valence-electron chi connectivity index (χ0n) is 13.1. The molecule has 0 radical (unpaired) electrons. The van der Waals surface area contributed by atoms with E-state index in [4.69, 9.17) is 11.6 Å². The molecule has 1 aliphatic heterocycles. The molecular weight excluding hydrogens is 310 g/mol. The van der Waals surface area contributed by atoms with Gasteiger partial charge in [-0.15, -0.1) is 0 Å². The number of benzene rings is 1. The summed E-state index contributed by atoms with van der Waals surface area (Å²) in [7, 11) is 0. The van der Waals surface area contributed by atoms with Gasteiger partial charge in [0.25, 0.3) is 5.91 Å². The molecular formula is C18H20ClN3O. The fraction of sp³-hybridized carbons (Fsp3) is 0.333. The van der Waals surface area contributed by atoms with Crippen LogP contribution in [0.25, 0.3) is 0 Å². The summed E-state index contributed by atoms with van der Waals surface area (Å²) in [6.07, 6.45) is 4.11. The van der Waals surface area contributed by atoms with Gasteiger partial charge in [-0.1, -0.05) is 23.7 Å². The number of pyridine rings is 1. The van der Waals surface area contributed by atoms with E-state index < -0.39 is 0 Å². The van der Waals surface area contributed by atoms with Gasteiger partial charge in [-0.05, 0) is 49.6 Å². The number of rotatable bonds is 4. The smallest absolute Gasteiger partial charge is 0.270 e. The fourth-order valence-electron chi connectivity index (χ4n) is 2.85. The molecule has 0 spiro atoms. The first kappa shape index (κ1) is 15.8. The maximum atomic E-state index is 12.5. The Labute approximate surface area is 141 Å². The number of carbonyl (C=O) groups excluding carboxylic acids is 1. The van der Waals surface area contributed by atoms with E-state index in [9.17, 15) is 4.79 Å². The fourth-order valence-corrected chi connectivity index (χ4v) is 3.04. The van der Waals surface area contributed by atoms with Crippen molar-refractivity contribution in [2.24, 2.45) is 0 Å². The van der Waals surface area contributed by atoms with Gasteiger partial charge in [0.1, 0.15) is 5.69 Å². The second-order valence-corrected chi connectivity index (χ2v) is 6.28. The van der Waals surface area contributed by atoms with Gasteiger partial charge < -0.3 is 10.2 Å². The first-order chi connectivity index (χ1) is 11.1. The molecule has 0 bridgehead atoms. The Balaban J connectivity index is 1.71. The average molecular weight is 330 g/mol. The lowest BCUT2D eigenvalue weighted by Gasteiger charge is -2.18. The van der Waals surface area contributed by atoms with Crippen LogP contribution in [0, 0.1) is 0 Å². The SMILES string of the molecule is CC(NC(=O)c1cc(N2CCCC2)ccn1)c1cccc(Cl)c1. The van der Waals surface area contributed by atoms with Crippen LogP contribution in [0.1, 0.15) is 41.9 Å². The van der Waals surface area contributed by atoms with Crippen molar-refractivity contribution in [2.45, 2.75) is 25.8 Å². The van der Waals surface area contributed by atoms with Gasteiger partial charge in [-0.3, -0.25) is 9.78 Å². The monoisotopic (exact) mass is 329 g/mol. The van der Waals surface area contributed by atoms with Crippen molar-refractivity contribution in [2.75, 3.05) is 18.0 Å². The Morgan fingerprint density at radius 2 is 2.04 bits per heavy atom. The minimum absolute atomic E-state index is 0.126. The summed E-state index contributed by atoms with van der Waals surface area (Å²) in [5.41, 5.74) is 2.49. The number of hydrogen-bond donors (Lipinski definition) is 1. The summed E-state index contributed by atoms with van der Waals surface area (Å²) in [6, 6.07) is 11.2. The molecule has 1 aromatic carbocycles. The van der Waals surface area contributed by atoms with Crippen LogP contribution in [-0.2, 0) is 0 Å². The molecule has 0 saturated carbocycles. The first-order valence-electron chi connectivity index (χ1n) is 7.91. The number of nitrogens with one attached hydrogen (secondary N) is 1. The van der Waals surface area contributed by atoms with Crippen LogP contribution >= 0.6 is 11.6 Å². The summed E-state index contributed by atoms with van der Waals surface area (Å²) in [5, 5.41) is 3.64. The number of carbonyl (C=O) groups is 1. The van der Waals surface area contributed by atoms with Crippen LogP contribution in [0.2, 0.25) is 5.02 Å². The summed E-state index contributed by atoms with van der Waals surface area (Å²) >= 11 is 6.01. The van der Waals surface area contributed by atoms with E-state index in [0.29, 0.717) is 10.7 Å². The minimum atomic E-state index is -0.168. The number of hydrogen-bond acceptors (Lipinski definition) is 3. The highest BCUT2D eigenvalue weighted by Crippen LogP contribution is 2.21. The van der Waals surface area contributed by atoms with Gasteiger partial charge in [0, 0.05) is 30.0 Å². The third-order valence-electron chi connectivity index (χ3n) is 4.14. The number of nitrogens with zero attached hydrogens (tertiary/aromatic N) is 2. The Morgan fingerprint density at radius 3 is 2.78 bits per heavy atom. The van der Waals surface area contributed by atoms with Crippen molar-refractivity contribution in [1.29, 1.82) is 0 Å². The summed E-state index contributed by atoms with van der Waals surface area (Å²) in [6.45, 7) is 4.03. The highest BCUT2D eigenvalue weighted by atomic mass is 35.5. The predicted octanol–water partition coefficient (Wildman–Crippen LogP) is 3.83. The standard InChI is InChI=1S/C18H20ClN3O/c1-13(14-5-4-6-15(19)11-14)21-18(23)17-12-16(7-8-20-17)22-9-2-3-10-22/h4-8,11-13H,2-3,9-10H2,1H3,(H,21,23). The van der Waals surface area contributed by atoms with E-state index in [1.54, 1.807) is 6.20 Å². The molecule has 1 N–H and O–H groups in total. The normalized spacial score (nSPS) is 15.5. The van der Waals surface area contributed by atoms with Gasteiger partial charge in [0.2, 0.25) is 0 Å². The Morgan fingerprint density at radius 1 is 1.26 bits per heavy atom. The Hall–Kier alpha value is -2.07. The summed E-state index contributed by atoms with van der Waals surface area (Å²) < 4.78 is 0. The zero-order valence-corrected chi connectivity index (χ0v) is 13.9. The second kappa shape index (κ2) is 7.01. The maximum absolute atomic E-state index is 12.5. The van der Waals surface area contributed by atoms with Gasteiger partial charge in [-0.2, -0.15) is 0 Å². The van der Waals surface area contributed by atoms with E-state index in [2.05, 4.69) is 15.2 Å². The molecule has 1 aliphatic rings. The Bertz CT molecular complexity index is 698. The predicted molar refractivity (Wildman–Crippen MR) is 93.0 cm³/mol. The molecule has 1 amide bonds. The lowest BCUT2D eigenvalue weighted by atomic mass is 10.1. The van der Waals surface area contributed by atoms with Crippen LogP contribution in [-0.4, -0.2) is 24.0 Å². The molecule has 3 rings (SSSR count). The number of amides is 1. The van der Waals surface area contributed by atoms with Crippen LogP contribution in [0.5, 0.6) is 0 Å². The third-order valence-corrected chi connectivity index (χ3v) is 4.38. The topological polar surface area (TPSA) is 45.2 Å². The molecule has 1 atom stereocenters. The molecule has 1 saturated heterocycles. The van der Waals surface area contributed by atoms with Crippen molar-refractivity contribution in [3.8, 4) is 0 Å². The zero-order chi connectivity index (χ0) is 16.2. The van der Waals surface area contributed by atoms with Crippen LogP contribution in [0.3, 0.4) is 0 Å². The molecule has 5 heteroatoms. The van der Waals surface area contributed by atoms with Crippen LogP contribution in [0.15, 0.2) is 42.6 Å². The van der Waals surface area contributed by atoms with E-state index in [1.165, 1.54) is 12.8 Å². The van der Waals surface area contributed by atoms with E-state index >= 15 is 0 Å². The summed E-state index contributed by atoms with van der Waals surface area (Å²) in [5.74, 6) is -0.168. The van der Waals surface area contributed by atoms with E-state index in [0.717, 1.165) is 24.3 Å². The van der Waals surface area contributed by atoms with E-state index in [1.807, 2.05) is 43.3 Å². The minimum Gasteiger partial charge on any atom is -0.371 e. The molecule has 1 aromatic heterocycles. The number of anilines is 1. The van der Waals surface area contributed by atoms with Crippen molar-refractivity contribution >= 4 is 23.2 Å². The molecule has 4 nitrogen and oxygen atoms in total. The van der Waals surface area contributed by atoms with Gasteiger partial charge >= 0.3 is 0 Å². The van der Waals surface area contributed by atoms with Crippen molar-refractivity contribution in [3.63, 3.8) is 0 Å². The van der Waals surface area contributed by atoms with Gasteiger partial charge in [0.15, 0.2) is 0 Å². The van der Waals surface area contributed by atoms with Crippen molar-refractivity contribution < 1.29 is 4.79 Å².